The van der Waals surface area contributed by atoms with Crippen molar-refractivity contribution in [3.8, 4) is 11.5 Å². The minimum atomic E-state index is -3.14. The molecule has 0 unspecified atom stereocenters. The molecule has 0 aliphatic carbocycles. The molecule has 1 rings (SSSR count). The number of nitrogens with one attached hydrogen (secondary N) is 1. The lowest BCUT2D eigenvalue weighted by Crippen LogP contribution is -2.26. The number of sulfonamides is 1. The third-order valence-corrected chi connectivity index (χ3v) is 2.60. The van der Waals surface area contributed by atoms with Crippen LogP contribution in [0.5, 0.6) is 11.5 Å². The monoisotopic (exact) mass is 259 g/mol. The maximum absolute atomic E-state index is 10.8. The summed E-state index contributed by atoms with van der Waals surface area (Å²) < 4.78 is 34.5. The van der Waals surface area contributed by atoms with E-state index in [1.54, 1.807) is 12.1 Å². The molecular formula is C11H17NO4S. The number of hydrogen-bond donors (Lipinski definition) is 1. The molecule has 0 atom stereocenters. The first-order valence-corrected chi connectivity index (χ1v) is 7.20. The zero-order chi connectivity index (χ0) is 12.7. The lowest BCUT2D eigenvalue weighted by molar-refractivity contribution is 0.319. The summed E-state index contributed by atoms with van der Waals surface area (Å²) in [5, 5.41) is 0. The molecular weight excluding hydrogens is 242 g/mol. The number of hydrogen-bond acceptors (Lipinski definition) is 4. The molecule has 1 aromatic carbocycles. The van der Waals surface area contributed by atoms with Gasteiger partial charge < -0.3 is 9.47 Å². The first-order valence-electron chi connectivity index (χ1n) is 5.31. The summed E-state index contributed by atoms with van der Waals surface area (Å²) in [7, 11) is -3.14. The van der Waals surface area contributed by atoms with Crippen molar-refractivity contribution >= 4 is 10.0 Å². The van der Waals surface area contributed by atoms with E-state index in [-0.39, 0.29) is 6.54 Å². The first kappa shape index (κ1) is 13.8. The largest absolute Gasteiger partial charge is 0.494 e. The molecule has 0 radical (unpaired) electrons. The van der Waals surface area contributed by atoms with Gasteiger partial charge in [-0.2, -0.15) is 0 Å². The quantitative estimate of drug-likeness (QED) is 0.742. The highest BCUT2D eigenvalue weighted by Gasteiger charge is 2.00. The van der Waals surface area contributed by atoms with Gasteiger partial charge in [-0.25, -0.2) is 13.1 Å². The Kier molecular flexibility index (Phi) is 5.24. The van der Waals surface area contributed by atoms with E-state index < -0.39 is 10.0 Å². The highest BCUT2D eigenvalue weighted by Crippen LogP contribution is 2.17. The van der Waals surface area contributed by atoms with Gasteiger partial charge in [-0.3, -0.25) is 0 Å². The average Bonchev–Trinajstić information content (AvgIpc) is 2.26. The van der Waals surface area contributed by atoms with Crippen LogP contribution in [0.2, 0.25) is 0 Å². The second-order valence-corrected chi connectivity index (χ2v) is 5.25. The molecule has 17 heavy (non-hydrogen) atoms. The molecule has 5 nitrogen and oxygen atoms in total. The summed E-state index contributed by atoms with van der Waals surface area (Å²) in [6.45, 7) is 3.09. The Morgan fingerprint density at radius 1 is 1.12 bits per heavy atom. The molecule has 0 saturated carbocycles. The summed E-state index contributed by atoms with van der Waals surface area (Å²) in [6, 6.07) is 7.18. The Morgan fingerprint density at radius 2 is 1.65 bits per heavy atom. The van der Waals surface area contributed by atoms with Crippen molar-refractivity contribution in [1.29, 1.82) is 0 Å². The Labute approximate surface area is 102 Å². The number of rotatable bonds is 7. The van der Waals surface area contributed by atoms with Gasteiger partial charge in [0.25, 0.3) is 0 Å². The molecule has 0 spiro atoms. The topological polar surface area (TPSA) is 64.6 Å². The first-order chi connectivity index (χ1) is 8.01. The summed E-state index contributed by atoms with van der Waals surface area (Å²) >= 11 is 0. The molecule has 0 aromatic heterocycles. The van der Waals surface area contributed by atoms with Crippen molar-refractivity contribution in [3.05, 3.63) is 24.3 Å². The van der Waals surface area contributed by atoms with Crippen LogP contribution in [0.4, 0.5) is 0 Å². The maximum Gasteiger partial charge on any atom is 0.208 e. The lowest BCUT2D eigenvalue weighted by atomic mass is 10.3. The average molecular weight is 259 g/mol. The molecule has 96 valence electrons. The van der Waals surface area contributed by atoms with E-state index >= 15 is 0 Å². The molecule has 1 N–H and O–H groups in total. The van der Waals surface area contributed by atoms with Gasteiger partial charge in [-0.15, -0.1) is 0 Å². The van der Waals surface area contributed by atoms with E-state index in [4.69, 9.17) is 9.47 Å². The Bertz CT molecular complexity index is 427. The van der Waals surface area contributed by atoms with Crippen LogP contribution in [-0.4, -0.2) is 34.4 Å². The van der Waals surface area contributed by atoms with Gasteiger partial charge in [0.2, 0.25) is 10.0 Å². The third-order valence-electron chi connectivity index (χ3n) is 1.87. The van der Waals surface area contributed by atoms with Crippen molar-refractivity contribution < 1.29 is 17.9 Å². The van der Waals surface area contributed by atoms with Gasteiger partial charge in [0.15, 0.2) is 0 Å². The molecule has 0 aliphatic heterocycles. The van der Waals surface area contributed by atoms with Crippen LogP contribution < -0.4 is 14.2 Å². The second-order valence-electron chi connectivity index (χ2n) is 3.42. The van der Waals surface area contributed by atoms with E-state index in [1.165, 1.54) is 0 Å². The fourth-order valence-corrected chi connectivity index (χ4v) is 1.65. The van der Waals surface area contributed by atoms with Gasteiger partial charge in [0.1, 0.15) is 18.1 Å². The van der Waals surface area contributed by atoms with Gasteiger partial charge in [-0.05, 0) is 31.2 Å². The fourth-order valence-electron chi connectivity index (χ4n) is 1.19. The summed E-state index contributed by atoms with van der Waals surface area (Å²) in [4.78, 5) is 0. The summed E-state index contributed by atoms with van der Waals surface area (Å²) in [6.07, 6.45) is 1.11. The Morgan fingerprint density at radius 3 is 2.12 bits per heavy atom. The molecule has 6 heteroatoms. The van der Waals surface area contributed by atoms with Crippen LogP contribution in [0.3, 0.4) is 0 Å². The van der Waals surface area contributed by atoms with E-state index in [0.29, 0.717) is 19.0 Å². The molecule has 0 amide bonds. The van der Waals surface area contributed by atoms with Gasteiger partial charge >= 0.3 is 0 Å². The molecule has 0 bridgehead atoms. The van der Waals surface area contributed by atoms with Crippen LogP contribution in [0.25, 0.3) is 0 Å². The summed E-state index contributed by atoms with van der Waals surface area (Å²) in [5.74, 6) is 1.47. The van der Waals surface area contributed by atoms with E-state index in [2.05, 4.69) is 4.72 Å². The molecule has 0 fully saturated rings. The van der Waals surface area contributed by atoms with E-state index in [0.717, 1.165) is 12.0 Å². The van der Waals surface area contributed by atoms with Gasteiger partial charge in [-0.1, -0.05) is 0 Å². The van der Waals surface area contributed by atoms with Crippen LogP contribution in [0.15, 0.2) is 24.3 Å². The zero-order valence-corrected chi connectivity index (χ0v) is 10.8. The highest BCUT2D eigenvalue weighted by molar-refractivity contribution is 7.88. The lowest BCUT2D eigenvalue weighted by Gasteiger charge is -2.07. The van der Waals surface area contributed by atoms with E-state index in [1.807, 2.05) is 19.1 Å². The summed E-state index contributed by atoms with van der Waals surface area (Å²) in [5.41, 5.74) is 0. The third kappa shape index (κ3) is 6.13. The normalized spacial score (nSPS) is 11.2. The van der Waals surface area contributed by atoms with E-state index in [9.17, 15) is 8.42 Å². The van der Waals surface area contributed by atoms with Crippen molar-refractivity contribution in [1.82, 2.24) is 4.72 Å². The molecule has 0 saturated heterocycles. The van der Waals surface area contributed by atoms with Crippen LogP contribution in [0.1, 0.15) is 6.92 Å². The zero-order valence-electron chi connectivity index (χ0n) is 9.97. The van der Waals surface area contributed by atoms with Crippen molar-refractivity contribution in [2.24, 2.45) is 0 Å². The predicted molar refractivity (Wildman–Crippen MR) is 66.0 cm³/mol. The standard InChI is InChI=1S/C11H17NO4S/c1-3-15-10-4-6-11(7-5-10)16-9-8-12-17(2,13)14/h4-7,12H,3,8-9H2,1-2H3. The second kappa shape index (κ2) is 6.46. The van der Waals surface area contributed by atoms with Gasteiger partial charge in [0, 0.05) is 6.54 Å². The van der Waals surface area contributed by atoms with Crippen LogP contribution >= 0.6 is 0 Å². The minimum absolute atomic E-state index is 0.256. The molecule has 1 aromatic rings. The van der Waals surface area contributed by atoms with Gasteiger partial charge in [0.05, 0.1) is 12.9 Å². The number of ether oxygens (including phenoxy) is 2. The molecule has 0 heterocycles. The fraction of sp³-hybridized carbons (Fsp3) is 0.455. The highest BCUT2D eigenvalue weighted by atomic mass is 32.2. The Balaban J connectivity index is 2.32. The minimum Gasteiger partial charge on any atom is -0.494 e. The van der Waals surface area contributed by atoms with Crippen molar-refractivity contribution in [2.75, 3.05) is 26.0 Å². The van der Waals surface area contributed by atoms with Crippen LogP contribution in [-0.2, 0) is 10.0 Å². The SMILES string of the molecule is CCOc1ccc(OCCNS(C)(=O)=O)cc1. The predicted octanol–water partition coefficient (Wildman–Crippen LogP) is 1.01. The maximum atomic E-state index is 10.8. The van der Waals surface area contributed by atoms with Crippen molar-refractivity contribution in [2.45, 2.75) is 6.92 Å². The number of benzene rings is 1. The Hall–Kier alpha value is -1.27. The molecule has 0 aliphatic rings. The van der Waals surface area contributed by atoms with Crippen molar-refractivity contribution in [3.63, 3.8) is 0 Å². The smallest absolute Gasteiger partial charge is 0.208 e. The van der Waals surface area contributed by atoms with Crippen LogP contribution in [0, 0.1) is 0 Å².